The summed E-state index contributed by atoms with van der Waals surface area (Å²) in [6, 6.07) is 5.46. The van der Waals surface area contributed by atoms with Gasteiger partial charge in [-0.15, -0.1) is 10.2 Å². The number of ether oxygens (including phenoxy) is 1. The predicted octanol–water partition coefficient (Wildman–Crippen LogP) is 2.67. The number of halogens is 1. The Morgan fingerprint density at radius 3 is 3.10 bits per heavy atom. The molecular weight excluding hydrogens is 403 g/mol. The summed E-state index contributed by atoms with van der Waals surface area (Å²) in [4.78, 5) is 0.741. The van der Waals surface area contributed by atoms with E-state index in [9.17, 15) is 5.11 Å². The second-order valence-corrected chi connectivity index (χ2v) is 7.08. The van der Waals surface area contributed by atoms with Crippen molar-refractivity contribution in [3.05, 3.63) is 27.6 Å². The third-order valence-corrected chi connectivity index (χ3v) is 5.10. The minimum absolute atomic E-state index is 0.228. The van der Waals surface area contributed by atoms with Gasteiger partial charge in [-0.25, -0.2) is 0 Å². The topological polar surface area (TPSA) is 72.5 Å². The molecule has 0 spiro atoms. The first-order valence-electron chi connectivity index (χ1n) is 6.51. The van der Waals surface area contributed by atoms with Gasteiger partial charge in [0.1, 0.15) is 5.75 Å². The van der Waals surface area contributed by atoms with Gasteiger partial charge in [0.2, 0.25) is 4.96 Å². The molecule has 108 valence electrons. The van der Waals surface area contributed by atoms with Crippen molar-refractivity contribution in [3.8, 4) is 16.3 Å². The third-order valence-electron chi connectivity index (χ3n) is 3.50. The van der Waals surface area contributed by atoms with E-state index < -0.39 is 0 Å². The predicted molar refractivity (Wildman–Crippen MR) is 86.7 cm³/mol. The summed E-state index contributed by atoms with van der Waals surface area (Å²) in [5.41, 5.74) is 0.728. The molecule has 0 aliphatic carbocycles. The van der Waals surface area contributed by atoms with Gasteiger partial charge in [-0.1, -0.05) is 11.3 Å². The van der Waals surface area contributed by atoms with Gasteiger partial charge in [-0.3, -0.25) is 0 Å². The van der Waals surface area contributed by atoms with E-state index in [1.54, 1.807) is 10.6 Å². The molecule has 1 atom stereocenters. The first-order valence-corrected chi connectivity index (χ1v) is 8.40. The summed E-state index contributed by atoms with van der Waals surface area (Å²) in [5.74, 6) is 1.32. The molecule has 8 heteroatoms. The minimum Gasteiger partial charge on any atom is -0.507 e. The number of fused-ring (bicyclic) bond motifs is 1. The Hall–Kier alpha value is -1.26. The number of hydrogen-bond donors (Lipinski definition) is 1. The normalized spacial score (nSPS) is 18.6. The van der Waals surface area contributed by atoms with E-state index in [2.05, 4.69) is 37.9 Å². The second-order valence-electron chi connectivity index (χ2n) is 4.88. The van der Waals surface area contributed by atoms with Crippen molar-refractivity contribution in [1.29, 1.82) is 0 Å². The first kappa shape index (κ1) is 13.4. The van der Waals surface area contributed by atoms with Crippen molar-refractivity contribution in [2.75, 3.05) is 13.2 Å². The van der Waals surface area contributed by atoms with Crippen LogP contribution in [0, 0.1) is 3.57 Å². The number of nitrogens with zero attached hydrogens (tertiary/aromatic N) is 4. The Balaban J connectivity index is 1.82. The minimum atomic E-state index is 0.228. The number of phenolic OH excluding ortho intramolecular Hbond substituents is 1. The van der Waals surface area contributed by atoms with E-state index in [0.29, 0.717) is 6.61 Å². The molecule has 3 aromatic rings. The molecule has 1 unspecified atom stereocenters. The van der Waals surface area contributed by atoms with Gasteiger partial charge in [-0.2, -0.15) is 9.61 Å². The summed E-state index contributed by atoms with van der Waals surface area (Å²) in [7, 11) is 0. The molecule has 3 heterocycles. The average molecular weight is 414 g/mol. The molecule has 1 fully saturated rings. The highest BCUT2D eigenvalue weighted by Gasteiger charge is 2.25. The highest BCUT2D eigenvalue weighted by atomic mass is 127. The van der Waals surface area contributed by atoms with Crippen molar-refractivity contribution in [3.63, 3.8) is 0 Å². The van der Waals surface area contributed by atoms with Crippen LogP contribution in [0.15, 0.2) is 18.2 Å². The fourth-order valence-corrected chi connectivity index (χ4v) is 3.78. The summed E-state index contributed by atoms with van der Waals surface area (Å²) in [6.07, 6.45) is 0.947. The van der Waals surface area contributed by atoms with Crippen LogP contribution >= 0.6 is 33.9 Å². The summed E-state index contributed by atoms with van der Waals surface area (Å²) in [6.45, 7) is 1.43. The zero-order chi connectivity index (χ0) is 14.4. The largest absolute Gasteiger partial charge is 0.507 e. The first-order chi connectivity index (χ1) is 10.2. The number of aromatic hydroxyl groups is 1. The van der Waals surface area contributed by atoms with E-state index in [1.165, 1.54) is 11.3 Å². The number of hydrogen-bond acceptors (Lipinski definition) is 6. The van der Waals surface area contributed by atoms with Crippen molar-refractivity contribution in [2.45, 2.75) is 12.3 Å². The number of rotatable bonds is 2. The monoisotopic (exact) mass is 414 g/mol. The van der Waals surface area contributed by atoms with Crippen LogP contribution < -0.4 is 0 Å². The number of aromatic nitrogens is 4. The van der Waals surface area contributed by atoms with Gasteiger partial charge >= 0.3 is 0 Å². The molecule has 0 bridgehead atoms. The lowest BCUT2D eigenvalue weighted by Gasteiger charge is -2.03. The molecular formula is C13H11IN4O2S. The van der Waals surface area contributed by atoms with E-state index in [-0.39, 0.29) is 11.7 Å². The number of benzene rings is 1. The van der Waals surface area contributed by atoms with Crippen molar-refractivity contribution in [1.82, 2.24) is 19.8 Å². The SMILES string of the molecule is Oc1ccc(I)cc1-c1nn2c(C3CCOC3)nnc2s1. The Morgan fingerprint density at radius 2 is 2.29 bits per heavy atom. The molecule has 1 aliphatic rings. The fraction of sp³-hybridized carbons (Fsp3) is 0.308. The Labute approximate surface area is 137 Å². The second kappa shape index (κ2) is 5.18. The van der Waals surface area contributed by atoms with Crippen LogP contribution in [0.2, 0.25) is 0 Å². The molecule has 6 nitrogen and oxygen atoms in total. The molecule has 4 rings (SSSR count). The number of phenols is 1. The molecule has 1 saturated heterocycles. The van der Waals surface area contributed by atoms with Gasteiger partial charge in [0.05, 0.1) is 12.2 Å². The van der Waals surface area contributed by atoms with Crippen LogP contribution in [0.4, 0.5) is 0 Å². The summed E-state index contributed by atoms with van der Waals surface area (Å²) in [5, 5.41) is 23.8. The van der Waals surface area contributed by atoms with E-state index in [4.69, 9.17) is 4.74 Å². The molecule has 0 radical (unpaired) electrons. The van der Waals surface area contributed by atoms with Gasteiger partial charge in [0, 0.05) is 16.1 Å². The molecule has 0 amide bonds. The summed E-state index contributed by atoms with van der Waals surface area (Å²) < 4.78 is 8.24. The van der Waals surface area contributed by atoms with Crippen LogP contribution in [0.1, 0.15) is 18.2 Å². The maximum absolute atomic E-state index is 10.0. The molecule has 2 aromatic heterocycles. The highest BCUT2D eigenvalue weighted by Crippen LogP contribution is 2.34. The van der Waals surface area contributed by atoms with Crippen LogP contribution in [0.5, 0.6) is 5.75 Å². The zero-order valence-electron chi connectivity index (χ0n) is 10.9. The van der Waals surface area contributed by atoms with Crippen molar-refractivity contribution >= 4 is 38.9 Å². The van der Waals surface area contributed by atoms with Crippen molar-refractivity contribution < 1.29 is 9.84 Å². The quantitative estimate of drug-likeness (QED) is 0.653. The highest BCUT2D eigenvalue weighted by molar-refractivity contribution is 14.1. The van der Waals surface area contributed by atoms with Gasteiger partial charge in [0.15, 0.2) is 10.8 Å². The van der Waals surface area contributed by atoms with Gasteiger partial charge in [-0.05, 0) is 47.2 Å². The average Bonchev–Trinajstić information content (AvgIpc) is 3.15. The fourth-order valence-electron chi connectivity index (χ4n) is 2.41. The third kappa shape index (κ3) is 2.30. The van der Waals surface area contributed by atoms with E-state index in [0.717, 1.165) is 38.0 Å². The molecule has 0 saturated carbocycles. The maximum atomic E-state index is 10.0. The van der Waals surface area contributed by atoms with E-state index in [1.807, 2.05) is 12.1 Å². The Kier molecular flexibility index (Phi) is 3.31. The van der Waals surface area contributed by atoms with E-state index >= 15 is 0 Å². The Bertz CT molecular complexity index is 810. The maximum Gasteiger partial charge on any atom is 0.234 e. The van der Waals surface area contributed by atoms with Crippen LogP contribution in [-0.4, -0.2) is 38.1 Å². The Morgan fingerprint density at radius 1 is 1.38 bits per heavy atom. The van der Waals surface area contributed by atoms with Crippen LogP contribution in [0.25, 0.3) is 15.5 Å². The molecule has 1 aromatic carbocycles. The lowest BCUT2D eigenvalue weighted by Crippen LogP contribution is -2.04. The summed E-state index contributed by atoms with van der Waals surface area (Å²) >= 11 is 3.64. The molecule has 1 aliphatic heterocycles. The molecule has 21 heavy (non-hydrogen) atoms. The van der Waals surface area contributed by atoms with Crippen LogP contribution in [-0.2, 0) is 4.74 Å². The van der Waals surface area contributed by atoms with Crippen molar-refractivity contribution in [2.24, 2.45) is 0 Å². The molecule has 1 N–H and O–H groups in total. The van der Waals surface area contributed by atoms with Crippen LogP contribution in [0.3, 0.4) is 0 Å². The van der Waals surface area contributed by atoms with Gasteiger partial charge < -0.3 is 9.84 Å². The smallest absolute Gasteiger partial charge is 0.234 e. The standard InChI is InChI=1S/C13H11IN4O2S/c14-8-1-2-10(19)9(5-8)12-17-18-11(7-3-4-20-6-7)15-16-13(18)21-12/h1-2,5,7,19H,3-4,6H2. The van der Waals surface area contributed by atoms with Gasteiger partial charge in [0.25, 0.3) is 0 Å². The lowest BCUT2D eigenvalue weighted by atomic mass is 10.1. The zero-order valence-corrected chi connectivity index (χ0v) is 13.8. The lowest BCUT2D eigenvalue weighted by molar-refractivity contribution is 0.193.